The topological polar surface area (TPSA) is 30.5 Å². The Balaban J connectivity index is 1.90. The third-order valence-electron chi connectivity index (χ3n) is 3.91. The van der Waals surface area contributed by atoms with Gasteiger partial charge >= 0.3 is 0 Å². The number of nitrogens with one attached hydrogen (secondary N) is 1. The Labute approximate surface area is 125 Å². The van der Waals surface area contributed by atoms with E-state index in [9.17, 15) is 0 Å². The molecule has 0 saturated carbocycles. The van der Waals surface area contributed by atoms with Crippen molar-refractivity contribution < 1.29 is 9.47 Å². The molecule has 1 atom stereocenters. The molecule has 3 rings (SSSR count). The van der Waals surface area contributed by atoms with Gasteiger partial charge in [-0.2, -0.15) is 0 Å². The molecule has 0 aliphatic carbocycles. The number of para-hydroxylation sites is 1. The summed E-state index contributed by atoms with van der Waals surface area (Å²) in [4.78, 5) is 0. The molecule has 3 nitrogen and oxygen atoms in total. The Morgan fingerprint density at radius 3 is 2.90 bits per heavy atom. The first kappa shape index (κ1) is 13.8. The SMILES string of the molecule is COc1cccc(NC2CCCOc3c(C)cccc32)c1. The first-order valence-electron chi connectivity index (χ1n) is 7.41. The third-order valence-corrected chi connectivity index (χ3v) is 3.91. The van der Waals surface area contributed by atoms with E-state index in [-0.39, 0.29) is 6.04 Å². The van der Waals surface area contributed by atoms with Crippen molar-refractivity contribution in [3.8, 4) is 11.5 Å². The molecule has 2 aromatic carbocycles. The van der Waals surface area contributed by atoms with E-state index >= 15 is 0 Å². The van der Waals surface area contributed by atoms with Crippen LogP contribution in [-0.2, 0) is 0 Å². The van der Waals surface area contributed by atoms with Gasteiger partial charge in [0.15, 0.2) is 0 Å². The molecule has 3 heteroatoms. The average Bonchev–Trinajstić information content (AvgIpc) is 2.71. The average molecular weight is 283 g/mol. The van der Waals surface area contributed by atoms with Crippen LogP contribution in [0, 0.1) is 6.92 Å². The Morgan fingerprint density at radius 2 is 2.05 bits per heavy atom. The second-order valence-corrected chi connectivity index (χ2v) is 5.41. The van der Waals surface area contributed by atoms with Crippen LogP contribution >= 0.6 is 0 Å². The molecule has 0 fully saturated rings. The number of ether oxygens (including phenoxy) is 2. The number of aryl methyl sites for hydroxylation is 1. The number of fused-ring (bicyclic) bond motifs is 1. The largest absolute Gasteiger partial charge is 0.497 e. The van der Waals surface area contributed by atoms with E-state index < -0.39 is 0 Å². The van der Waals surface area contributed by atoms with Crippen LogP contribution in [0.2, 0.25) is 0 Å². The van der Waals surface area contributed by atoms with Gasteiger partial charge in [0.25, 0.3) is 0 Å². The summed E-state index contributed by atoms with van der Waals surface area (Å²) in [6, 6.07) is 14.7. The minimum absolute atomic E-state index is 0.273. The number of hydrogen-bond donors (Lipinski definition) is 1. The Kier molecular flexibility index (Phi) is 4.00. The van der Waals surface area contributed by atoms with Crippen LogP contribution < -0.4 is 14.8 Å². The normalized spacial score (nSPS) is 17.3. The van der Waals surface area contributed by atoms with E-state index in [0.717, 1.165) is 36.6 Å². The number of hydrogen-bond acceptors (Lipinski definition) is 3. The van der Waals surface area contributed by atoms with Crippen molar-refractivity contribution in [2.24, 2.45) is 0 Å². The smallest absolute Gasteiger partial charge is 0.127 e. The van der Waals surface area contributed by atoms with Crippen LogP contribution in [0.3, 0.4) is 0 Å². The van der Waals surface area contributed by atoms with Crippen molar-refractivity contribution in [3.63, 3.8) is 0 Å². The summed E-state index contributed by atoms with van der Waals surface area (Å²) in [5.41, 5.74) is 3.52. The molecular weight excluding hydrogens is 262 g/mol. The summed E-state index contributed by atoms with van der Waals surface area (Å²) in [6.07, 6.45) is 2.11. The standard InChI is InChI=1S/C18H21NO2/c1-13-6-3-9-16-17(10-5-11-21-18(13)16)19-14-7-4-8-15(12-14)20-2/h3-4,6-9,12,17,19H,5,10-11H2,1-2H3. The Hall–Kier alpha value is -2.16. The van der Waals surface area contributed by atoms with Crippen LogP contribution in [0.1, 0.15) is 30.0 Å². The van der Waals surface area contributed by atoms with E-state index in [1.807, 2.05) is 18.2 Å². The molecule has 110 valence electrons. The molecule has 0 saturated heterocycles. The second kappa shape index (κ2) is 6.08. The lowest BCUT2D eigenvalue weighted by Crippen LogP contribution is -2.10. The second-order valence-electron chi connectivity index (χ2n) is 5.41. The Bertz CT molecular complexity index is 624. The third kappa shape index (κ3) is 2.97. The van der Waals surface area contributed by atoms with E-state index in [2.05, 4.69) is 36.5 Å². The van der Waals surface area contributed by atoms with Gasteiger partial charge in [0.05, 0.1) is 19.8 Å². The van der Waals surface area contributed by atoms with Gasteiger partial charge in [0.1, 0.15) is 11.5 Å². The van der Waals surface area contributed by atoms with Gasteiger partial charge < -0.3 is 14.8 Å². The predicted octanol–water partition coefficient (Wildman–Crippen LogP) is 4.33. The van der Waals surface area contributed by atoms with Crippen LogP contribution in [0.15, 0.2) is 42.5 Å². The zero-order valence-electron chi connectivity index (χ0n) is 12.6. The summed E-state index contributed by atoms with van der Waals surface area (Å²) >= 11 is 0. The van der Waals surface area contributed by atoms with Crippen molar-refractivity contribution in [2.45, 2.75) is 25.8 Å². The molecule has 0 bridgehead atoms. The first-order chi connectivity index (χ1) is 10.3. The molecule has 1 unspecified atom stereocenters. The van der Waals surface area contributed by atoms with Crippen molar-refractivity contribution in [1.29, 1.82) is 0 Å². The molecule has 0 radical (unpaired) electrons. The number of benzene rings is 2. The van der Waals surface area contributed by atoms with E-state index in [4.69, 9.17) is 9.47 Å². The minimum Gasteiger partial charge on any atom is -0.497 e. The monoisotopic (exact) mass is 283 g/mol. The molecule has 0 aromatic heterocycles. The lowest BCUT2D eigenvalue weighted by atomic mass is 9.99. The van der Waals surface area contributed by atoms with Gasteiger partial charge in [-0.15, -0.1) is 0 Å². The highest BCUT2D eigenvalue weighted by Gasteiger charge is 2.20. The zero-order chi connectivity index (χ0) is 14.7. The van der Waals surface area contributed by atoms with E-state index in [0.29, 0.717) is 0 Å². The maximum atomic E-state index is 5.93. The fourth-order valence-electron chi connectivity index (χ4n) is 2.83. The van der Waals surface area contributed by atoms with Crippen molar-refractivity contribution in [3.05, 3.63) is 53.6 Å². The maximum Gasteiger partial charge on any atom is 0.127 e. The number of methoxy groups -OCH3 is 1. The summed E-state index contributed by atoms with van der Waals surface area (Å²) in [5, 5.41) is 3.62. The van der Waals surface area contributed by atoms with Gasteiger partial charge in [0, 0.05) is 17.3 Å². The van der Waals surface area contributed by atoms with Crippen molar-refractivity contribution in [1.82, 2.24) is 0 Å². The van der Waals surface area contributed by atoms with Crippen LogP contribution in [0.25, 0.3) is 0 Å². The zero-order valence-corrected chi connectivity index (χ0v) is 12.6. The lowest BCUT2D eigenvalue weighted by molar-refractivity contribution is 0.314. The first-order valence-corrected chi connectivity index (χ1v) is 7.41. The summed E-state index contributed by atoms with van der Waals surface area (Å²) in [7, 11) is 1.69. The lowest BCUT2D eigenvalue weighted by Gasteiger charge is -2.20. The molecule has 0 spiro atoms. The highest BCUT2D eigenvalue weighted by atomic mass is 16.5. The number of rotatable bonds is 3. The van der Waals surface area contributed by atoms with Crippen molar-refractivity contribution in [2.75, 3.05) is 19.0 Å². The van der Waals surface area contributed by atoms with E-state index in [1.165, 1.54) is 11.1 Å². The molecule has 1 aliphatic rings. The quantitative estimate of drug-likeness (QED) is 0.909. The summed E-state index contributed by atoms with van der Waals surface area (Å²) in [6.45, 7) is 2.89. The van der Waals surface area contributed by atoms with Gasteiger partial charge in [-0.05, 0) is 37.5 Å². The van der Waals surface area contributed by atoms with Crippen LogP contribution in [0.5, 0.6) is 11.5 Å². The molecular formula is C18H21NO2. The van der Waals surface area contributed by atoms with Gasteiger partial charge in [-0.3, -0.25) is 0 Å². The molecule has 2 aromatic rings. The van der Waals surface area contributed by atoms with Gasteiger partial charge in [0.2, 0.25) is 0 Å². The molecule has 21 heavy (non-hydrogen) atoms. The van der Waals surface area contributed by atoms with Crippen LogP contribution in [-0.4, -0.2) is 13.7 Å². The molecule has 1 aliphatic heterocycles. The minimum atomic E-state index is 0.273. The van der Waals surface area contributed by atoms with Crippen LogP contribution in [0.4, 0.5) is 5.69 Å². The highest BCUT2D eigenvalue weighted by molar-refractivity contribution is 5.52. The predicted molar refractivity (Wildman–Crippen MR) is 85.3 cm³/mol. The molecule has 1 heterocycles. The summed E-state index contributed by atoms with van der Waals surface area (Å²) in [5.74, 6) is 1.91. The number of anilines is 1. The summed E-state index contributed by atoms with van der Waals surface area (Å²) < 4.78 is 11.2. The highest BCUT2D eigenvalue weighted by Crippen LogP contribution is 2.36. The molecule has 1 N–H and O–H groups in total. The fraction of sp³-hybridized carbons (Fsp3) is 0.333. The maximum absolute atomic E-state index is 5.93. The van der Waals surface area contributed by atoms with Gasteiger partial charge in [-0.25, -0.2) is 0 Å². The fourth-order valence-corrected chi connectivity index (χ4v) is 2.83. The Morgan fingerprint density at radius 1 is 1.19 bits per heavy atom. The van der Waals surface area contributed by atoms with E-state index in [1.54, 1.807) is 7.11 Å². The van der Waals surface area contributed by atoms with Gasteiger partial charge in [-0.1, -0.05) is 24.3 Å². The van der Waals surface area contributed by atoms with Crippen molar-refractivity contribution >= 4 is 5.69 Å². The molecule has 0 amide bonds.